The number of carbonyl (C=O) groups excluding carboxylic acids is 1. The number of nitrogens with zero attached hydrogens (tertiary/aromatic N) is 4. The van der Waals surface area contributed by atoms with E-state index in [9.17, 15) is 14.7 Å². The molecule has 0 bridgehead atoms. The van der Waals surface area contributed by atoms with Crippen LogP contribution in [0.25, 0.3) is 5.69 Å². The number of carboxylic acid groups (broad SMARTS) is 1. The Morgan fingerprint density at radius 2 is 2.15 bits per heavy atom. The number of ether oxygens (including phenoxy) is 2. The Morgan fingerprint density at radius 3 is 2.77 bits per heavy atom. The highest BCUT2D eigenvalue weighted by Gasteiger charge is 2.40. The Kier molecular flexibility index (Phi) is 5.12. The number of benzene rings is 1. The molecule has 2 N–H and O–H groups in total. The van der Waals surface area contributed by atoms with Crippen LogP contribution in [0.1, 0.15) is 23.2 Å². The first kappa shape index (κ1) is 17.8. The van der Waals surface area contributed by atoms with Crippen molar-refractivity contribution < 1.29 is 24.2 Å². The Morgan fingerprint density at radius 1 is 1.38 bits per heavy atom. The summed E-state index contributed by atoms with van der Waals surface area (Å²) in [6, 6.07) is 4.81. The highest BCUT2D eigenvalue weighted by Crippen LogP contribution is 2.30. The molecule has 0 aliphatic carbocycles. The SMILES string of the molecule is COc1ccc(C(=O)NCC2(C(=O)O)CCOCC2)cc1-n1cnnn1. The highest BCUT2D eigenvalue weighted by atomic mass is 16.5. The minimum atomic E-state index is -1.00. The molecule has 1 aliphatic rings. The predicted molar refractivity (Wildman–Crippen MR) is 88.2 cm³/mol. The standard InChI is InChI=1S/C16H19N5O5/c1-25-13-3-2-11(8-12(13)21-10-18-19-20-21)14(22)17-9-16(15(23)24)4-6-26-7-5-16/h2-3,8,10H,4-7,9H2,1H3,(H,17,22)(H,23,24). The topological polar surface area (TPSA) is 128 Å². The van der Waals surface area contributed by atoms with Gasteiger partial charge in [-0.15, -0.1) is 5.10 Å². The smallest absolute Gasteiger partial charge is 0.311 e. The van der Waals surface area contributed by atoms with E-state index < -0.39 is 11.4 Å². The molecular weight excluding hydrogens is 342 g/mol. The summed E-state index contributed by atoms with van der Waals surface area (Å²) in [5.74, 6) is -0.806. The summed E-state index contributed by atoms with van der Waals surface area (Å²) in [5, 5.41) is 23.2. The zero-order valence-corrected chi connectivity index (χ0v) is 14.2. The van der Waals surface area contributed by atoms with E-state index in [1.807, 2.05) is 0 Å². The van der Waals surface area contributed by atoms with Gasteiger partial charge in [0.15, 0.2) is 0 Å². The van der Waals surface area contributed by atoms with E-state index in [4.69, 9.17) is 9.47 Å². The first-order chi connectivity index (χ1) is 12.6. The second-order valence-corrected chi connectivity index (χ2v) is 6.02. The van der Waals surface area contributed by atoms with Crippen LogP contribution in [0.2, 0.25) is 0 Å². The maximum absolute atomic E-state index is 12.5. The third-order valence-electron chi connectivity index (χ3n) is 4.53. The fraction of sp³-hybridized carbons (Fsp3) is 0.438. The number of amides is 1. The summed E-state index contributed by atoms with van der Waals surface area (Å²) < 4.78 is 11.9. The van der Waals surface area contributed by atoms with E-state index in [1.54, 1.807) is 18.2 Å². The van der Waals surface area contributed by atoms with E-state index in [-0.39, 0.29) is 12.5 Å². The van der Waals surface area contributed by atoms with Gasteiger partial charge in [-0.05, 0) is 41.5 Å². The number of hydrogen-bond donors (Lipinski definition) is 2. The molecule has 138 valence electrons. The van der Waals surface area contributed by atoms with Crippen LogP contribution < -0.4 is 10.1 Å². The van der Waals surface area contributed by atoms with Crippen molar-refractivity contribution in [1.29, 1.82) is 0 Å². The van der Waals surface area contributed by atoms with Gasteiger partial charge in [-0.2, -0.15) is 4.68 Å². The second kappa shape index (κ2) is 7.48. The van der Waals surface area contributed by atoms with Gasteiger partial charge < -0.3 is 19.9 Å². The second-order valence-electron chi connectivity index (χ2n) is 6.02. The average Bonchev–Trinajstić information content (AvgIpc) is 3.21. The number of carbonyl (C=O) groups is 2. The molecule has 10 nitrogen and oxygen atoms in total. The monoisotopic (exact) mass is 361 g/mol. The van der Waals surface area contributed by atoms with Crippen molar-refractivity contribution in [3.63, 3.8) is 0 Å². The number of methoxy groups -OCH3 is 1. The molecule has 0 atom stereocenters. The van der Waals surface area contributed by atoms with Gasteiger partial charge in [0.2, 0.25) is 0 Å². The van der Waals surface area contributed by atoms with Gasteiger partial charge in [0, 0.05) is 25.3 Å². The normalized spacial score (nSPS) is 16.0. The molecule has 1 saturated heterocycles. The molecule has 0 unspecified atom stereocenters. The fourth-order valence-electron chi connectivity index (χ4n) is 2.86. The van der Waals surface area contributed by atoms with Crippen molar-refractivity contribution in [3.8, 4) is 11.4 Å². The minimum absolute atomic E-state index is 0.0385. The summed E-state index contributed by atoms with van der Waals surface area (Å²) in [6.45, 7) is 0.777. The average molecular weight is 361 g/mol. The van der Waals surface area contributed by atoms with Crippen LogP contribution >= 0.6 is 0 Å². The first-order valence-corrected chi connectivity index (χ1v) is 8.06. The number of hydrogen-bond acceptors (Lipinski definition) is 7. The maximum Gasteiger partial charge on any atom is 0.311 e. The van der Waals surface area contributed by atoms with E-state index in [1.165, 1.54) is 18.1 Å². The summed E-state index contributed by atoms with van der Waals surface area (Å²) in [4.78, 5) is 24.2. The molecule has 2 aromatic rings. The van der Waals surface area contributed by atoms with Crippen LogP contribution in [0.5, 0.6) is 5.75 Å². The number of carboxylic acids is 1. The molecule has 0 spiro atoms. The number of nitrogens with one attached hydrogen (secondary N) is 1. The van der Waals surface area contributed by atoms with Gasteiger partial charge in [0.25, 0.3) is 5.91 Å². The quantitative estimate of drug-likeness (QED) is 0.751. The number of aliphatic carboxylic acids is 1. The molecule has 1 amide bonds. The molecule has 10 heteroatoms. The Hall–Kier alpha value is -3.01. The predicted octanol–water partition coefficient (Wildman–Crippen LogP) is 0.282. The summed E-state index contributed by atoms with van der Waals surface area (Å²) in [5.41, 5.74) is -0.146. The van der Waals surface area contributed by atoms with Crippen molar-refractivity contribution in [2.75, 3.05) is 26.9 Å². The summed E-state index contributed by atoms with van der Waals surface area (Å²) >= 11 is 0. The van der Waals surface area contributed by atoms with Crippen molar-refractivity contribution in [2.45, 2.75) is 12.8 Å². The van der Waals surface area contributed by atoms with Crippen molar-refractivity contribution >= 4 is 11.9 Å². The van der Waals surface area contributed by atoms with Crippen molar-refractivity contribution in [3.05, 3.63) is 30.1 Å². The van der Waals surface area contributed by atoms with Crippen molar-refractivity contribution in [2.24, 2.45) is 5.41 Å². The lowest BCUT2D eigenvalue weighted by Gasteiger charge is -2.33. The lowest BCUT2D eigenvalue weighted by atomic mass is 9.80. The van der Waals surface area contributed by atoms with E-state index in [0.717, 1.165) is 0 Å². The number of aromatic nitrogens is 4. The van der Waals surface area contributed by atoms with Crippen LogP contribution in [0.15, 0.2) is 24.5 Å². The minimum Gasteiger partial charge on any atom is -0.494 e. The molecular formula is C16H19N5O5. The van der Waals surface area contributed by atoms with Crippen LogP contribution in [0, 0.1) is 5.41 Å². The molecule has 0 radical (unpaired) electrons. The maximum atomic E-state index is 12.5. The third-order valence-corrected chi connectivity index (χ3v) is 4.53. The van der Waals surface area contributed by atoms with Gasteiger partial charge in [-0.25, -0.2) is 0 Å². The lowest BCUT2D eigenvalue weighted by Crippen LogP contribution is -2.46. The Bertz CT molecular complexity index is 786. The molecule has 0 saturated carbocycles. The number of rotatable bonds is 6. The largest absolute Gasteiger partial charge is 0.494 e. The van der Waals surface area contributed by atoms with Gasteiger partial charge in [0.05, 0.1) is 12.5 Å². The van der Waals surface area contributed by atoms with Gasteiger partial charge in [-0.1, -0.05) is 0 Å². The molecule has 1 aromatic heterocycles. The van der Waals surface area contributed by atoms with Crippen LogP contribution in [-0.4, -0.2) is 64.1 Å². The Labute approximate surface area is 149 Å². The van der Waals surface area contributed by atoms with Crippen LogP contribution in [0.4, 0.5) is 0 Å². The number of tetrazole rings is 1. The van der Waals surface area contributed by atoms with Gasteiger partial charge in [-0.3, -0.25) is 9.59 Å². The molecule has 1 aromatic carbocycles. The van der Waals surface area contributed by atoms with E-state index in [0.29, 0.717) is 43.1 Å². The zero-order chi connectivity index (χ0) is 18.6. The summed E-state index contributed by atoms with van der Waals surface area (Å²) in [7, 11) is 1.50. The van der Waals surface area contributed by atoms with E-state index >= 15 is 0 Å². The first-order valence-electron chi connectivity index (χ1n) is 8.06. The van der Waals surface area contributed by atoms with E-state index in [2.05, 4.69) is 20.8 Å². The summed E-state index contributed by atoms with van der Waals surface area (Å²) in [6.07, 6.45) is 2.11. The van der Waals surface area contributed by atoms with Crippen LogP contribution in [-0.2, 0) is 9.53 Å². The lowest BCUT2D eigenvalue weighted by molar-refractivity contribution is -0.154. The zero-order valence-electron chi connectivity index (χ0n) is 14.2. The highest BCUT2D eigenvalue weighted by molar-refractivity contribution is 5.95. The Balaban J connectivity index is 1.77. The molecule has 3 rings (SSSR count). The van der Waals surface area contributed by atoms with Crippen molar-refractivity contribution in [1.82, 2.24) is 25.5 Å². The molecule has 2 heterocycles. The molecule has 1 fully saturated rings. The van der Waals surface area contributed by atoms with Gasteiger partial charge in [0.1, 0.15) is 17.8 Å². The van der Waals surface area contributed by atoms with Gasteiger partial charge >= 0.3 is 5.97 Å². The third kappa shape index (κ3) is 3.49. The fourth-order valence-corrected chi connectivity index (χ4v) is 2.86. The molecule has 26 heavy (non-hydrogen) atoms. The van der Waals surface area contributed by atoms with Crippen LogP contribution in [0.3, 0.4) is 0 Å². The molecule has 1 aliphatic heterocycles.